The second-order valence-electron chi connectivity index (χ2n) is 6.69. The van der Waals surface area contributed by atoms with Crippen molar-refractivity contribution in [2.75, 3.05) is 13.1 Å². The van der Waals surface area contributed by atoms with Gasteiger partial charge in [0.25, 0.3) is 5.91 Å². The fraction of sp³-hybridized carbons (Fsp3) is 0.333. The van der Waals surface area contributed by atoms with Crippen LogP contribution in [0.4, 0.5) is 0 Å². The molecule has 2 aromatic carbocycles. The number of nitrogens with zero attached hydrogens (tertiary/aromatic N) is 1. The molecule has 1 aliphatic heterocycles. The van der Waals surface area contributed by atoms with Gasteiger partial charge in [0.2, 0.25) is 5.91 Å². The zero-order valence-electron chi connectivity index (χ0n) is 14.9. The third-order valence-corrected chi connectivity index (χ3v) is 5.30. The lowest BCUT2D eigenvalue weighted by molar-refractivity contribution is -0.126. The van der Waals surface area contributed by atoms with E-state index in [1.807, 2.05) is 43.3 Å². The molecule has 0 spiro atoms. The first-order chi connectivity index (χ1) is 12.6. The van der Waals surface area contributed by atoms with Gasteiger partial charge in [-0.05, 0) is 43.0 Å². The maximum Gasteiger partial charge on any atom is 0.255 e. The summed E-state index contributed by atoms with van der Waals surface area (Å²) >= 11 is 6.12. The molecule has 1 fully saturated rings. The molecule has 0 aliphatic carbocycles. The fourth-order valence-corrected chi connectivity index (χ4v) is 3.50. The topological polar surface area (TPSA) is 49.4 Å². The van der Waals surface area contributed by atoms with Crippen molar-refractivity contribution in [2.45, 2.75) is 26.3 Å². The molecule has 136 valence electrons. The van der Waals surface area contributed by atoms with Gasteiger partial charge in [-0.15, -0.1) is 0 Å². The standard InChI is InChI=1S/C21H23ClN2O2/c1-15-6-2-3-7-17(15)14-23-20(25)16-10-12-24(13-11-16)21(26)18-8-4-5-9-19(18)22/h2-9,16H,10-14H2,1H3,(H,23,25). The highest BCUT2D eigenvalue weighted by molar-refractivity contribution is 6.33. The first-order valence-corrected chi connectivity index (χ1v) is 9.30. The van der Waals surface area contributed by atoms with Crippen molar-refractivity contribution in [3.63, 3.8) is 0 Å². The highest BCUT2D eigenvalue weighted by Gasteiger charge is 2.28. The Balaban J connectivity index is 1.52. The van der Waals surface area contributed by atoms with Gasteiger partial charge in [0, 0.05) is 25.6 Å². The van der Waals surface area contributed by atoms with Crippen LogP contribution in [0.2, 0.25) is 5.02 Å². The normalized spacial score (nSPS) is 14.9. The number of halogens is 1. The Morgan fingerprint density at radius 1 is 1.08 bits per heavy atom. The van der Waals surface area contributed by atoms with Gasteiger partial charge in [-0.2, -0.15) is 0 Å². The Bertz CT molecular complexity index is 798. The molecule has 2 amide bonds. The lowest BCUT2D eigenvalue weighted by atomic mass is 9.95. The number of aryl methyl sites for hydroxylation is 1. The molecule has 0 unspecified atom stereocenters. The van der Waals surface area contributed by atoms with Crippen molar-refractivity contribution in [1.29, 1.82) is 0 Å². The van der Waals surface area contributed by atoms with Crippen molar-refractivity contribution >= 4 is 23.4 Å². The molecule has 1 saturated heterocycles. The Labute approximate surface area is 159 Å². The van der Waals surface area contributed by atoms with Crippen LogP contribution in [-0.4, -0.2) is 29.8 Å². The van der Waals surface area contributed by atoms with Gasteiger partial charge < -0.3 is 10.2 Å². The molecular weight excluding hydrogens is 348 g/mol. The predicted octanol–water partition coefficient (Wildman–Crippen LogP) is 3.82. The van der Waals surface area contributed by atoms with E-state index in [9.17, 15) is 9.59 Å². The number of rotatable bonds is 4. The van der Waals surface area contributed by atoms with E-state index in [4.69, 9.17) is 11.6 Å². The Morgan fingerprint density at radius 2 is 1.73 bits per heavy atom. The van der Waals surface area contributed by atoms with Crippen LogP contribution >= 0.6 is 11.6 Å². The van der Waals surface area contributed by atoms with Crippen LogP contribution in [0, 0.1) is 12.8 Å². The number of hydrogen-bond acceptors (Lipinski definition) is 2. The van der Waals surface area contributed by atoms with Gasteiger partial charge in [0.1, 0.15) is 0 Å². The summed E-state index contributed by atoms with van der Waals surface area (Å²) in [7, 11) is 0. The quantitative estimate of drug-likeness (QED) is 0.889. The molecule has 5 heteroatoms. The highest BCUT2D eigenvalue weighted by atomic mass is 35.5. The molecular formula is C21H23ClN2O2. The summed E-state index contributed by atoms with van der Waals surface area (Å²) in [5.41, 5.74) is 2.83. The first-order valence-electron chi connectivity index (χ1n) is 8.92. The Morgan fingerprint density at radius 3 is 2.42 bits per heavy atom. The number of piperidine rings is 1. The number of nitrogens with one attached hydrogen (secondary N) is 1. The van der Waals surface area contributed by atoms with Crippen LogP contribution in [-0.2, 0) is 11.3 Å². The summed E-state index contributed by atoms with van der Waals surface area (Å²) in [6.07, 6.45) is 1.35. The monoisotopic (exact) mass is 370 g/mol. The van der Waals surface area contributed by atoms with Gasteiger partial charge in [-0.1, -0.05) is 48.0 Å². The van der Waals surface area contributed by atoms with E-state index in [-0.39, 0.29) is 17.7 Å². The largest absolute Gasteiger partial charge is 0.352 e. The van der Waals surface area contributed by atoms with E-state index in [0.29, 0.717) is 43.1 Å². The second-order valence-corrected chi connectivity index (χ2v) is 7.10. The number of amides is 2. The van der Waals surface area contributed by atoms with Crippen molar-refractivity contribution < 1.29 is 9.59 Å². The van der Waals surface area contributed by atoms with Crippen LogP contribution in [0.25, 0.3) is 0 Å². The Kier molecular flexibility index (Phi) is 5.94. The summed E-state index contributed by atoms with van der Waals surface area (Å²) in [6, 6.07) is 15.1. The van der Waals surface area contributed by atoms with Crippen molar-refractivity contribution in [3.8, 4) is 0 Å². The number of carbonyl (C=O) groups is 2. The number of benzene rings is 2. The molecule has 0 saturated carbocycles. The third kappa shape index (κ3) is 4.25. The van der Waals surface area contributed by atoms with Crippen LogP contribution in [0.1, 0.15) is 34.3 Å². The maximum atomic E-state index is 12.6. The summed E-state index contributed by atoms with van der Waals surface area (Å²) < 4.78 is 0. The summed E-state index contributed by atoms with van der Waals surface area (Å²) in [6.45, 7) is 3.74. The molecule has 3 rings (SSSR count). The molecule has 1 heterocycles. The second kappa shape index (κ2) is 8.37. The van der Waals surface area contributed by atoms with Crippen LogP contribution in [0.3, 0.4) is 0 Å². The van der Waals surface area contributed by atoms with E-state index < -0.39 is 0 Å². The van der Waals surface area contributed by atoms with E-state index in [1.165, 1.54) is 5.56 Å². The third-order valence-electron chi connectivity index (χ3n) is 4.97. The minimum atomic E-state index is -0.0608. The molecule has 0 atom stereocenters. The van der Waals surface area contributed by atoms with Crippen LogP contribution in [0.15, 0.2) is 48.5 Å². The lowest BCUT2D eigenvalue weighted by Gasteiger charge is -2.31. The van der Waals surface area contributed by atoms with Crippen molar-refractivity contribution in [2.24, 2.45) is 5.92 Å². The fourth-order valence-electron chi connectivity index (χ4n) is 3.28. The van der Waals surface area contributed by atoms with Gasteiger partial charge >= 0.3 is 0 Å². The van der Waals surface area contributed by atoms with Gasteiger partial charge in [-0.25, -0.2) is 0 Å². The first kappa shape index (κ1) is 18.5. The van der Waals surface area contributed by atoms with Crippen LogP contribution < -0.4 is 5.32 Å². The summed E-state index contributed by atoms with van der Waals surface area (Å²) in [4.78, 5) is 26.8. The molecule has 0 radical (unpaired) electrons. The molecule has 0 bridgehead atoms. The molecule has 1 N–H and O–H groups in total. The minimum absolute atomic E-state index is 0.0469. The summed E-state index contributed by atoms with van der Waals surface area (Å²) in [5, 5.41) is 3.50. The zero-order valence-corrected chi connectivity index (χ0v) is 15.6. The van der Waals surface area contributed by atoms with Gasteiger partial charge in [0.15, 0.2) is 0 Å². The lowest BCUT2D eigenvalue weighted by Crippen LogP contribution is -2.43. The van der Waals surface area contributed by atoms with Crippen LogP contribution in [0.5, 0.6) is 0 Å². The average Bonchev–Trinajstić information content (AvgIpc) is 2.67. The minimum Gasteiger partial charge on any atom is -0.352 e. The number of carbonyl (C=O) groups excluding carboxylic acids is 2. The number of hydrogen-bond donors (Lipinski definition) is 1. The zero-order chi connectivity index (χ0) is 18.5. The van der Waals surface area contributed by atoms with E-state index in [0.717, 1.165) is 5.56 Å². The van der Waals surface area contributed by atoms with Crippen molar-refractivity contribution in [1.82, 2.24) is 10.2 Å². The molecule has 4 nitrogen and oxygen atoms in total. The molecule has 0 aromatic heterocycles. The Hall–Kier alpha value is -2.33. The molecule has 1 aliphatic rings. The van der Waals surface area contributed by atoms with E-state index >= 15 is 0 Å². The predicted molar refractivity (Wildman–Crippen MR) is 103 cm³/mol. The molecule has 26 heavy (non-hydrogen) atoms. The van der Waals surface area contributed by atoms with Gasteiger partial charge in [-0.3, -0.25) is 9.59 Å². The maximum absolute atomic E-state index is 12.6. The average molecular weight is 371 g/mol. The SMILES string of the molecule is Cc1ccccc1CNC(=O)C1CCN(C(=O)c2ccccc2Cl)CC1. The van der Waals surface area contributed by atoms with E-state index in [1.54, 1.807) is 17.0 Å². The smallest absolute Gasteiger partial charge is 0.255 e. The van der Waals surface area contributed by atoms with E-state index in [2.05, 4.69) is 5.32 Å². The van der Waals surface area contributed by atoms with Crippen molar-refractivity contribution in [3.05, 3.63) is 70.2 Å². The molecule has 2 aromatic rings. The van der Waals surface area contributed by atoms with Gasteiger partial charge in [0.05, 0.1) is 10.6 Å². The number of likely N-dealkylation sites (tertiary alicyclic amines) is 1. The summed E-state index contributed by atoms with van der Waals surface area (Å²) in [5.74, 6) is -0.0400. The highest BCUT2D eigenvalue weighted by Crippen LogP contribution is 2.22.